The van der Waals surface area contributed by atoms with Crippen molar-refractivity contribution in [1.29, 1.82) is 0 Å². The fourth-order valence-corrected chi connectivity index (χ4v) is 4.05. The van der Waals surface area contributed by atoms with Gasteiger partial charge in [-0.15, -0.1) is 0 Å². The van der Waals surface area contributed by atoms with Gasteiger partial charge in [-0.2, -0.15) is 5.10 Å². The molecule has 2 amide bonds. The van der Waals surface area contributed by atoms with Gasteiger partial charge >= 0.3 is 0 Å². The van der Waals surface area contributed by atoms with Crippen LogP contribution in [0.15, 0.2) is 52.5 Å². The average molecular weight is 479 g/mol. The molecule has 1 aliphatic carbocycles. The Hall–Kier alpha value is -4.28. The van der Waals surface area contributed by atoms with Crippen LogP contribution in [0.4, 0.5) is 5.69 Å². The van der Waals surface area contributed by atoms with Crippen molar-refractivity contribution in [1.82, 2.24) is 20.3 Å². The second kappa shape index (κ2) is 10.8. The molecule has 11 nitrogen and oxygen atoms in total. The number of fused-ring (bicyclic) bond motifs is 1. The van der Waals surface area contributed by atoms with Crippen molar-refractivity contribution in [3.63, 3.8) is 0 Å². The van der Waals surface area contributed by atoms with Crippen molar-refractivity contribution in [3.8, 4) is 0 Å². The third-order valence-electron chi connectivity index (χ3n) is 5.80. The zero-order valence-electron chi connectivity index (χ0n) is 19.3. The zero-order chi connectivity index (χ0) is 24.8. The smallest absolute Gasteiger partial charge is 0.287 e. The lowest BCUT2D eigenvalue weighted by Gasteiger charge is -2.13. The molecule has 2 N–H and O–H groups in total. The van der Waals surface area contributed by atoms with Crippen molar-refractivity contribution < 1.29 is 18.9 Å². The highest BCUT2D eigenvalue weighted by Crippen LogP contribution is 2.29. The molecule has 35 heavy (non-hydrogen) atoms. The van der Waals surface area contributed by atoms with Crippen LogP contribution in [0, 0.1) is 17.0 Å². The summed E-state index contributed by atoms with van der Waals surface area (Å²) in [4.78, 5) is 39.4. The van der Waals surface area contributed by atoms with E-state index in [1.54, 1.807) is 24.7 Å². The van der Waals surface area contributed by atoms with Crippen LogP contribution in [-0.2, 0) is 24.2 Å². The van der Waals surface area contributed by atoms with Crippen molar-refractivity contribution in [3.05, 3.63) is 81.3 Å². The van der Waals surface area contributed by atoms with Crippen LogP contribution < -0.4 is 10.7 Å². The van der Waals surface area contributed by atoms with Gasteiger partial charge in [-0.3, -0.25) is 19.7 Å². The van der Waals surface area contributed by atoms with E-state index in [2.05, 4.69) is 20.8 Å². The molecule has 0 spiro atoms. The zero-order valence-corrected chi connectivity index (χ0v) is 19.3. The summed E-state index contributed by atoms with van der Waals surface area (Å²) in [5.41, 5.74) is 5.33. The quantitative estimate of drug-likeness (QED) is 0.275. The van der Waals surface area contributed by atoms with Gasteiger partial charge in [-0.25, -0.2) is 10.4 Å². The Kier molecular flexibility index (Phi) is 7.34. The van der Waals surface area contributed by atoms with E-state index in [1.165, 1.54) is 12.1 Å². The first-order valence-electron chi connectivity index (χ1n) is 11.4. The standard InChI is InChI=1S/C24H26N6O5/c1-16-22-19(27-28-21(31)14-17-6-8-18(9-7-17)30(33)34)4-2-5-20(22)35-23(16)24(32)26-10-3-12-29-13-11-25-15-29/h6-9,11,13,15H,2-5,10,12,14H2,1H3,(H,26,32)(H,28,31)/b27-19+. The molecule has 0 aliphatic heterocycles. The molecule has 11 heteroatoms. The highest BCUT2D eigenvalue weighted by atomic mass is 16.6. The van der Waals surface area contributed by atoms with Gasteiger partial charge in [-0.05, 0) is 31.7 Å². The molecule has 182 valence electrons. The number of nitrogens with one attached hydrogen (secondary N) is 2. The number of rotatable bonds is 9. The summed E-state index contributed by atoms with van der Waals surface area (Å²) in [5.74, 6) is 0.352. The summed E-state index contributed by atoms with van der Waals surface area (Å²) in [7, 11) is 0. The SMILES string of the molecule is Cc1c(C(=O)NCCCn2ccnc2)oc2c1/C(=N/NC(=O)Cc1ccc([N+](=O)[O-])cc1)CCC2. The van der Waals surface area contributed by atoms with E-state index in [-0.39, 0.29) is 29.7 Å². The normalized spacial score (nSPS) is 13.9. The largest absolute Gasteiger partial charge is 0.455 e. The Morgan fingerprint density at radius 1 is 1.26 bits per heavy atom. The maximum absolute atomic E-state index is 12.7. The molecule has 0 fully saturated rings. The third-order valence-corrected chi connectivity index (χ3v) is 5.80. The van der Waals surface area contributed by atoms with E-state index in [0.717, 1.165) is 24.9 Å². The fraction of sp³-hybridized carbons (Fsp3) is 0.333. The Balaban J connectivity index is 1.37. The monoisotopic (exact) mass is 478 g/mol. The fourth-order valence-electron chi connectivity index (χ4n) is 4.05. The van der Waals surface area contributed by atoms with Crippen LogP contribution in [0.5, 0.6) is 0 Å². The summed E-state index contributed by atoms with van der Waals surface area (Å²) in [6.07, 6.45) is 8.26. The van der Waals surface area contributed by atoms with Gasteiger partial charge in [0.15, 0.2) is 5.76 Å². The van der Waals surface area contributed by atoms with E-state index < -0.39 is 4.92 Å². The lowest BCUT2D eigenvalue weighted by atomic mass is 9.93. The Morgan fingerprint density at radius 2 is 2.06 bits per heavy atom. The van der Waals surface area contributed by atoms with Gasteiger partial charge in [-0.1, -0.05) is 12.1 Å². The number of imidazole rings is 1. The van der Waals surface area contributed by atoms with Crippen molar-refractivity contribution in [2.75, 3.05) is 6.54 Å². The molecule has 4 rings (SSSR count). The van der Waals surface area contributed by atoms with E-state index >= 15 is 0 Å². The molecular formula is C24H26N6O5. The minimum atomic E-state index is -0.486. The minimum absolute atomic E-state index is 0.0300. The molecule has 0 saturated heterocycles. The van der Waals surface area contributed by atoms with Gasteiger partial charge < -0.3 is 14.3 Å². The number of furan rings is 1. The highest BCUT2D eigenvalue weighted by Gasteiger charge is 2.28. The molecule has 0 bridgehead atoms. The maximum Gasteiger partial charge on any atom is 0.287 e. The summed E-state index contributed by atoms with van der Waals surface area (Å²) in [6, 6.07) is 5.82. The second-order valence-corrected chi connectivity index (χ2v) is 8.31. The van der Waals surface area contributed by atoms with Crippen LogP contribution in [0.2, 0.25) is 0 Å². The average Bonchev–Trinajstić information content (AvgIpc) is 3.49. The number of hydrogen-bond acceptors (Lipinski definition) is 7. The first-order valence-corrected chi connectivity index (χ1v) is 11.4. The van der Waals surface area contributed by atoms with Crippen molar-refractivity contribution >= 4 is 23.2 Å². The molecular weight excluding hydrogens is 452 g/mol. The Labute approximate surface area is 201 Å². The van der Waals surface area contributed by atoms with Gasteiger partial charge in [0.25, 0.3) is 11.6 Å². The van der Waals surface area contributed by atoms with E-state index in [4.69, 9.17) is 4.42 Å². The second-order valence-electron chi connectivity index (χ2n) is 8.31. The molecule has 0 radical (unpaired) electrons. The van der Waals surface area contributed by atoms with Gasteiger partial charge in [0.2, 0.25) is 5.91 Å². The summed E-state index contributed by atoms with van der Waals surface area (Å²) in [6.45, 7) is 3.08. The molecule has 0 atom stereocenters. The van der Waals surface area contributed by atoms with Crippen LogP contribution in [0.1, 0.15) is 52.3 Å². The van der Waals surface area contributed by atoms with Crippen LogP contribution in [0.25, 0.3) is 0 Å². The first-order chi connectivity index (χ1) is 16.9. The molecule has 0 saturated carbocycles. The Morgan fingerprint density at radius 3 is 2.77 bits per heavy atom. The maximum atomic E-state index is 12.7. The molecule has 1 aromatic carbocycles. The number of nitrogens with zero attached hydrogens (tertiary/aromatic N) is 4. The number of non-ortho nitro benzene ring substituents is 1. The van der Waals surface area contributed by atoms with E-state index in [0.29, 0.717) is 42.0 Å². The van der Waals surface area contributed by atoms with Gasteiger partial charge in [0.05, 0.1) is 23.4 Å². The van der Waals surface area contributed by atoms with Gasteiger partial charge in [0, 0.05) is 55.2 Å². The highest BCUT2D eigenvalue weighted by molar-refractivity contribution is 6.06. The summed E-state index contributed by atoms with van der Waals surface area (Å²) < 4.78 is 7.84. The Bertz CT molecular complexity index is 1240. The number of nitro benzene ring substituents is 1. The van der Waals surface area contributed by atoms with E-state index in [9.17, 15) is 19.7 Å². The topological polar surface area (TPSA) is 145 Å². The summed E-state index contributed by atoms with van der Waals surface area (Å²) >= 11 is 0. The van der Waals surface area contributed by atoms with Crippen molar-refractivity contribution in [2.45, 2.75) is 45.6 Å². The predicted octanol–water partition coefficient (Wildman–Crippen LogP) is 2.91. The number of benzene rings is 1. The van der Waals surface area contributed by atoms with Crippen LogP contribution in [-0.4, -0.2) is 38.5 Å². The molecule has 1 aliphatic rings. The van der Waals surface area contributed by atoms with E-state index in [1.807, 2.05) is 17.7 Å². The molecule has 3 aromatic rings. The number of aromatic nitrogens is 2. The lowest BCUT2D eigenvalue weighted by molar-refractivity contribution is -0.384. The molecule has 2 aromatic heterocycles. The third kappa shape index (κ3) is 5.81. The number of hydrazone groups is 1. The number of amides is 2. The molecule has 0 unspecified atom stereocenters. The number of carbonyl (C=O) groups excluding carboxylic acids is 2. The predicted molar refractivity (Wildman–Crippen MR) is 127 cm³/mol. The minimum Gasteiger partial charge on any atom is -0.455 e. The van der Waals surface area contributed by atoms with Crippen molar-refractivity contribution in [2.24, 2.45) is 5.10 Å². The lowest BCUT2D eigenvalue weighted by Crippen LogP contribution is -2.25. The van der Waals surface area contributed by atoms with Crippen LogP contribution >= 0.6 is 0 Å². The first kappa shape index (κ1) is 23.9. The number of hydrogen-bond donors (Lipinski definition) is 2. The number of carbonyl (C=O) groups is 2. The number of aryl methyl sites for hydroxylation is 2. The summed E-state index contributed by atoms with van der Waals surface area (Å²) in [5, 5.41) is 18.0. The van der Waals surface area contributed by atoms with Crippen LogP contribution in [0.3, 0.4) is 0 Å². The number of nitro groups is 1. The van der Waals surface area contributed by atoms with Gasteiger partial charge in [0.1, 0.15) is 5.76 Å². The molecule has 2 heterocycles.